The highest BCUT2D eigenvalue weighted by molar-refractivity contribution is 9.09. The lowest BCUT2D eigenvalue weighted by atomic mass is 10.4. The third kappa shape index (κ3) is 6.70. The highest BCUT2D eigenvalue weighted by Crippen LogP contribution is 1.97. The Kier molecular flexibility index (Phi) is 7.36. The number of rotatable bonds is 4. The van der Waals surface area contributed by atoms with Gasteiger partial charge in [0, 0.05) is 14.8 Å². The summed E-state index contributed by atoms with van der Waals surface area (Å²) in [5.41, 5.74) is 0. The number of halogens is 1. The quantitative estimate of drug-likeness (QED) is 0.353. The second kappa shape index (κ2) is 6.70. The van der Waals surface area contributed by atoms with Crippen LogP contribution in [-0.2, 0) is 0 Å². The molecule has 42 valence electrons. The topological polar surface area (TPSA) is 0 Å². The van der Waals surface area contributed by atoms with Gasteiger partial charge < -0.3 is 0 Å². The molecular formula is C5H11BrSi. The first-order chi connectivity index (χ1) is 3.41. The summed E-state index contributed by atoms with van der Waals surface area (Å²) in [5.74, 6) is 0. The van der Waals surface area contributed by atoms with E-state index in [2.05, 4.69) is 22.5 Å². The van der Waals surface area contributed by atoms with Crippen LogP contribution in [-0.4, -0.2) is 14.8 Å². The lowest BCUT2D eigenvalue weighted by molar-refractivity contribution is 0.896. The van der Waals surface area contributed by atoms with E-state index in [0.717, 1.165) is 9.52 Å². The summed E-state index contributed by atoms with van der Waals surface area (Å²) >= 11 is 3.38. The van der Waals surface area contributed by atoms with E-state index in [4.69, 9.17) is 0 Å². The summed E-state index contributed by atoms with van der Waals surface area (Å²) in [5, 5.41) is 1.18. The van der Waals surface area contributed by atoms with Gasteiger partial charge in [-0.2, -0.15) is 0 Å². The van der Waals surface area contributed by atoms with Crippen LogP contribution < -0.4 is 0 Å². The van der Waals surface area contributed by atoms with E-state index >= 15 is 0 Å². The van der Waals surface area contributed by atoms with E-state index in [-0.39, 0.29) is 0 Å². The molecule has 0 aromatic heterocycles. The normalized spacial score (nSPS) is 9.43. The number of hydrogen-bond acceptors (Lipinski definition) is 0. The van der Waals surface area contributed by atoms with Crippen molar-refractivity contribution in [3.63, 3.8) is 0 Å². The summed E-state index contributed by atoms with van der Waals surface area (Å²) in [6.45, 7) is 2.26. The summed E-state index contributed by atoms with van der Waals surface area (Å²) in [6.07, 6.45) is 2.75. The third-order valence-electron chi connectivity index (χ3n) is 0.810. The fraction of sp³-hybridized carbons (Fsp3) is 1.00. The maximum absolute atomic E-state index is 3.38. The molecule has 0 fully saturated rings. The fourth-order valence-electron chi connectivity index (χ4n) is 0.396. The van der Waals surface area contributed by atoms with Crippen molar-refractivity contribution in [3.8, 4) is 0 Å². The second-order valence-corrected chi connectivity index (χ2v) is 3.50. The minimum Gasteiger partial charge on any atom is -0.0928 e. The summed E-state index contributed by atoms with van der Waals surface area (Å²) in [7, 11) is 1.15. The number of unbranched alkanes of at least 4 members (excludes halogenated alkanes) is 1. The van der Waals surface area contributed by atoms with Gasteiger partial charge in [0.15, 0.2) is 0 Å². The van der Waals surface area contributed by atoms with E-state index in [9.17, 15) is 0 Å². The molecule has 0 aliphatic heterocycles. The van der Waals surface area contributed by atoms with Gasteiger partial charge in [0.25, 0.3) is 0 Å². The molecule has 0 saturated carbocycles. The van der Waals surface area contributed by atoms with Crippen molar-refractivity contribution in [2.75, 3.05) is 5.33 Å². The molecule has 0 atom stereocenters. The molecule has 2 heteroatoms. The Morgan fingerprint density at radius 1 is 1.43 bits per heavy atom. The average molecular weight is 179 g/mol. The van der Waals surface area contributed by atoms with Gasteiger partial charge in [-0.25, -0.2) is 0 Å². The van der Waals surface area contributed by atoms with Gasteiger partial charge in [0.2, 0.25) is 0 Å². The van der Waals surface area contributed by atoms with Crippen molar-refractivity contribution in [1.29, 1.82) is 0 Å². The molecule has 0 aromatic rings. The largest absolute Gasteiger partial charge is 0.0928 e. The second-order valence-electron chi connectivity index (χ2n) is 1.50. The van der Waals surface area contributed by atoms with Crippen molar-refractivity contribution < 1.29 is 0 Å². The Labute approximate surface area is 56.6 Å². The van der Waals surface area contributed by atoms with Crippen LogP contribution in [0.1, 0.15) is 12.8 Å². The number of alkyl halides is 1. The molecule has 0 rings (SSSR count). The van der Waals surface area contributed by atoms with Crippen LogP contribution in [0.15, 0.2) is 0 Å². The maximum Gasteiger partial charge on any atom is 0.0342 e. The Morgan fingerprint density at radius 2 is 2.14 bits per heavy atom. The van der Waals surface area contributed by atoms with Crippen molar-refractivity contribution in [3.05, 3.63) is 0 Å². The van der Waals surface area contributed by atoms with Crippen LogP contribution >= 0.6 is 15.9 Å². The standard InChI is InChI=1S/C5H11BrSi/c1-7-5-3-2-4-6/h2-5H2,1H3. The lowest BCUT2D eigenvalue weighted by Crippen LogP contribution is -1.80. The molecule has 0 aliphatic carbocycles. The molecule has 7 heavy (non-hydrogen) atoms. The fourth-order valence-corrected chi connectivity index (χ4v) is 1.40. The highest BCUT2D eigenvalue weighted by Gasteiger charge is 1.81. The molecule has 0 heterocycles. The minimum absolute atomic E-state index is 1.15. The first-order valence-electron chi connectivity index (χ1n) is 2.62. The van der Waals surface area contributed by atoms with E-state index in [1.54, 1.807) is 0 Å². The Balaban J connectivity index is 2.45. The molecule has 2 radical (unpaired) electrons. The molecule has 0 saturated heterocycles. The molecule has 0 N–H and O–H groups in total. The van der Waals surface area contributed by atoms with Gasteiger partial charge in [0.1, 0.15) is 0 Å². The summed E-state index contributed by atoms with van der Waals surface area (Å²) in [6, 6.07) is 1.42. The highest BCUT2D eigenvalue weighted by atomic mass is 79.9. The predicted octanol–water partition coefficient (Wildman–Crippen LogP) is 2.33. The summed E-state index contributed by atoms with van der Waals surface area (Å²) in [4.78, 5) is 0. The first-order valence-corrected chi connectivity index (χ1v) is 5.45. The molecule has 0 spiro atoms. The van der Waals surface area contributed by atoms with E-state index in [1.165, 1.54) is 24.2 Å². The van der Waals surface area contributed by atoms with Gasteiger partial charge in [-0.05, 0) is 6.42 Å². The SMILES string of the molecule is C[Si]CCCCBr. The third-order valence-corrected chi connectivity index (χ3v) is 2.22. The molecule has 0 unspecified atom stereocenters. The zero-order valence-electron chi connectivity index (χ0n) is 4.71. The van der Waals surface area contributed by atoms with Crippen LogP contribution in [0.25, 0.3) is 0 Å². The van der Waals surface area contributed by atoms with Gasteiger partial charge in [0.05, 0.1) is 0 Å². The predicted molar refractivity (Wildman–Crippen MR) is 39.5 cm³/mol. The van der Waals surface area contributed by atoms with Gasteiger partial charge in [-0.3, -0.25) is 0 Å². The van der Waals surface area contributed by atoms with Crippen LogP contribution in [0.5, 0.6) is 0 Å². The van der Waals surface area contributed by atoms with Gasteiger partial charge >= 0.3 is 0 Å². The molecule has 0 bridgehead atoms. The van der Waals surface area contributed by atoms with Crippen LogP contribution in [0.4, 0.5) is 0 Å². The summed E-state index contributed by atoms with van der Waals surface area (Å²) < 4.78 is 0. The molecule has 0 amide bonds. The molecule has 0 aliphatic rings. The van der Waals surface area contributed by atoms with Crippen molar-refractivity contribution >= 4 is 25.4 Å². The maximum atomic E-state index is 3.38. The Hall–Kier alpha value is 0.697. The smallest absolute Gasteiger partial charge is 0.0342 e. The molecule has 0 aromatic carbocycles. The average Bonchev–Trinajstić information content (AvgIpc) is 1.69. The first kappa shape index (κ1) is 7.70. The Morgan fingerprint density at radius 3 is 2.57 bits per heavy atom. The zero-order chi connectivity index (χ0) is 5.54. The van der Waals surface area contributed by atoms with Crippen LogP contribution in [0.2, 0.25) is 12.6 Å². The van der Waals surface area contributed by atoms with Gasteiger partial charge in [-0.1, -0.05) is 34.9 Å². The Bertz CT molecular complexity index is 27.3. The van der Waals surface area contributed by atoms with Crippen molar-refractivity contribution in [1.82, 2.24) is 0 Å². The van der Waals surface area contributed by atoms with E-state index < -0.39 is 0 Å². The van der Waals surface area contributed by atoms with Crippen molar-refractivity contribution in [2.45, 2.75) is 25.4 Å². The van der Waals surface area contributed by atoms with Crippen LogP contribution in [0, 0.1) is 0 Å². The zero-order valence-corrected chi connectivity index (χ0v) is 7.29. The minimum atomic E-state index is 1.15. The lowest BCUT2D eigenvalue weighted by Gasteiger charge is -1.89. The van der Waals surface area contributed by atoms with E-state index in [0.29, 0.717) is 0 Å². The van der Waals surface area contributed by atoms with Crippen LogP contribution in [0.3, 0.4) is 0 Å². The van der Waals surface area contributed by atoms with Crippen molar-refractivity contribution in [2.24, 2.45) is 0 Å². The number of hydrogen-bond donors (Lipinski definition) is 0. The monoisotopic (exact) mass is 178 g/mol. The molecular weight excluding hydrogens is 168 g/mol. The van der Waals surface area contributed by atoms with E-state index in [1.807, 2.05) is 0 Å². The molecule has 0 nitrogen and oxygen atoms in total. The van der Waals surface area contributed by atoms with Gasteiger partial charge in [-0.15, -0.1) is 0 Å².